The summed E-state index contributed by atoms with van der Waals surface area (Å²) in [5.41, 5.74) is 3.39. The molecule has 2 aromatic rings. The first-order valence-electron chi connectivity index (χ1n) is 9.09. The molecule has 1 aromatic carbocycles. The van der Waals surface area contributed by atoms with Gasteiger partial charge in [0, 0.05) is 24.0 Å². The molecule has 0 aliphatic heterocycles. The number of esters is 1. The highest BCUT2D eigenvalue weighted by Gasteiger charge is 2.52. The van der Waals surface area contributed by atoms with Crippen LogP contribution in [-0.2, 0) is 21.4 Å². The summed E-state index contributed by atoms with van der Waals surface area (Å²) >= 11 is 0. The van der Waals surface area contributed by atoms with Gasteiger partial charge in [-0.25, -0.2) is 14.8 Å². The molecule has 0 bridgehead atoms. The van der Waals surface area contributed by atoms with Crippen molar-refractivity contribution in [1.29, 1.82) is 0 Å². The van der Waals surface area contributed by atoms with Gasteiger partial charge < -0.3 is 4.74 Å². The Kier molecular flexibility index (Phi) is 4.10. The van der Waals surface area contributed by atoms with Crippen molar-refractivity contribution in [3.8, 4) is 0 Å². The molecular formula is C21H22N2O3. The fourth-order valence-corrected chi connectivity index (χ4v) is 4.97. The van der Waals surface area contributed by atoms with E-state index in [-0.39, 0.29) is 23.2 Å². The number of benzene rings is 1. The van der Waals surface area contributed by atoms with Crippen LogP contribution in [0.1, 0.15) is 53.4 Å². The first kappa shape index (κ1) is 16.9. The van der Waals surface area contributed by atoms with Gasteiger partial charge in [0.15, 0.2) is 0 Å². The Morgan fingerprint density at radius 1 is 1.31 bits per heavy atom. The standard InChI is InChI=1S/C21H22N2O3/c1-13-17-7-6-15-11-22-12-23-19(15)21(17,9-8-18(13)24)16-5-3-4-14(10-16)20(25)26-2/h3-5,10-13,17H,6-9H2,1-2H3/t13-,17-,21?/m0/s1. The lowest BCUT2D eigenvalue weighted by atomic mass is 9.53. The van der Waals surface area contributed by atoms with Crippen molar-refractivity contribution >= 4 is 11.8 Å². The number of aromatic nitrogens is 2. The van der Waals surface area contributed by atoms with Crippen molar-refractivity contribution < 1.29 is 14.3 Å². The van der Waals surface area contributed by atoms with Crippen molar-refractivity contribution in [3.63, 3.8) is 0 Å². The molecule has 0 saturated heterocycles. The van der Waals surface area contributed by atoms with Crippen LogP contribution in [0.5, 0.6) is 0 Å². The summed E-state index contributed by atoms with van der Waals surface area (Å²) in [6, 6.07) is 7.63. The number of ketones is 1. The Morgan fingerprint density at radius 3 is 2.96 bits per heavy atom. The molecule has 1 fully saturated rings. The summed E-state index contributed by atoms with van der Waals surface area (Å²) in [6.45, 7) is 2.04. The highest BCUT2D eigenvalue weighted by molar-refractivity contribution is 5.89. The molecular weight excluding hydrogens is 328 g/mol. The highest BCUT2D eigenvalue weighted by Crippen LogP contribution is 2.54. The Bertz CT molecular complexity index is 879. The molecule has 3 atom stereocenters. The van der Waals surface area contributed by atoms with E-state index >= 15 is 0 Å². The van der Waals surface area contributed by atoms with Crippen LogP contribution in [0.2, 0.25) is 0 Å². The lowest BCUT2D eigenvalue weighted by Gasteiger charge is -2.50. The largest absolute Gasteiger partial charge is 0.465 e. The number of methoxy groups -OCH3 is 1. The Hall–Kier alpha value is -2.56. The maximum Gasteiger partial charge on any atom is 0.337 e. The summed E-state index contributed by atoms with van der Waals surface area (Å²) in [6.07, 6.45) is 6.55. The van der Waals surface area contributed by atoms with Crippen molar-refractivity contribution in [1.82, 2.24) is 9.97 Å². The van der Waals surface area contributed by atoms with E-state index in [1.54, 1.807) is 12.4 Å². The zero-order valence-corrected chi connectivity index (χ0v) is 15.1. The minimum Gasteiger partial charge on any atom is -0.465 e. The molecule has 0 amide bonds. The molecule has 1 saturated carbocycles. The minimum atomic E-state index is -0.353. The van der Waals surface area contributed by atoms with E-state index in [1.807, 2.05) is 25.3 Å². The normalized spacial score (nSPS) is 27.4. The Morgan fingerprint density at radius 2 is 2.15 bits per heavy atom. The van der Waals surface area contributed by atoms with E-state index < -0.39 is 0 Å². The summed E-state index contributed by atoms with van der Waals surface area (Å²) in [4.78, 5) is 33.4. The van der Waals surface area contributed by atoms with Crippen molar-refractivity contribution in [2.24, 2.45) is 11.8 Å². The number of Topliss-reactive ketones (excluding diaryl/α,β-unsaturated/α-hetero) is 1. The molecule has 1 unspecified atom stereocenters. The smallest absolute Gasteiger partial charge is 0.337 e. The molecule has 4 rings (SSSR count). The number of hydrogen-bond acceptors (Lipinski definition) is 5. The molecule has 134 valence electrons. The lowest BCUT2D eigenvalue weighted by molar-refractivity contribution is -0.128. The maximum atomic E-state index is 12.4. The van der Waals surface area contributed by atoms with E-state index in [0.29, 0.717) is 17.8 Å². The highest BCUT2D eigenvalue weighted by atomic mass is 16.5. The number of hydrogen-bond donors (Lipinski definition) is 0. The van der Waals surface area contributed by atoms with Crippen molar-refractivity contribution in [3.05, 3.63) is 59.2 Å². The van der Waals surface area contributed by atoms with Gasteiger partial charge >= 0.3 is 5.97 Å². The molecule has 5 nitrogen and oxygen atoms in total. The van der Waals surface area contributed by atoms with Gasteiger partial charge in [0.05, 0.1) is 18.4 Å². The SMILES string of the molecule is COC(=O)c1cccc(C23CCC(=O)[C@@H](C)[C@@H]2CCc2cncnc23)c1. The fraction of sp³-hybridized carbons (Fsp3) is 0.429. The number of fused-ring (bicyclic) bond motifs is 3. The summed E-state index contributed by atoms with van der Waals surface area (Å²) in [7, 11) is 1.39. The Labute approximate surface area is 152 Å². The first-order valence-corrected chi connectivity index (χ1v) is 9.09. The first-order chi connectivity index (χ1) is 12.6. The van der Waals surface area contributed by atoms with Gasteiger partial charge in [0.2, 0.25) is 0 Å². The van der Waals surface area contributed by atoms with Gasteiger partial charge in [-0.3, -0.25) is 4.79 Å². The molecule has 1 aromatic heterocycles. The third kappa shape index (κ3) is 2.37. The van der Waals surface area contributed by atoms with E-state index in [4.69, 9.17) is 4.74 Å². The van der Waals surface area contributed by atoms with Gasteiger partial charge in [0.1, 0.15) is 12.1 Å². The van der Waals surface area contributed by atoms with Crippen molar-refractivity contribution in [2.45, 2.75) is 38.0 Å². The second-order valence-corrected chi connectivity index (χ2v) is 7.34. The van der Waals surface area contributed by atoms with Crippen LogP contribution < -0.4 is 0 Å². The molecule has 0 N–H and O–H groups in total. The quantitative estimate of drug-likeness (QED) is 0.779. The van der Waals surface area contributed by atoms with Crippen LogP contribution in [-0.4, -0.2) is 28.8 Å². The average Bonchev–Trinajstić information content (AvgIpc) is 2.70. The average molecular weight is 350 g/mol. The molecule has 2 aliphatic rings. The van der Waals surface area contributed by atoms with Gasteiger partial charge in [-0.1, -0.05) is 19.1 Å². The third-order valence-corrected chi connectivity index (χ3v) is 6.24. The van der Waals surface area contributed by atoms with Crippen LogP contribution in [0.4, 0.5) is 0 Å². The predicted molar refractivity (Wildman–Crippen MR) is 95.8 cm³/mol. The number of aryl methyl sites for hydroxylation is 1. The van der Waals surface area contributed by atoms with E-state index in [0.717, 1.165) is 36.1 Å². The molecule has 0 radical (unpaired) electrons. The monoisotopic (exact) mass is 350 g/mol. The van der Waals surface area contributed by atoms with E-state index in [1.165, 1.54) is 7.11 Å². The zero-order chi connectivity index (χ0) is 18.3. The molecule has 1 heterocycles. The molecule has 5 heteroatoms. The van der Waals surface area contributed by atoms with Crippen molar-refractivity contribution in [2.75, 3.05) is 7.11 Å². The van der Waals surface area contributed by atoms with E-state index in [2.05, 4.69) is 16.0 Å². The minimum absolute atomic E-state index is 0.0198. The summed E-state index contributed by atoms with van der Waals surface area (Å²) in [5.74, 6) is 0.137. The summed E-state index contributed by atoms with van der Waals surface area (Å²) in [5, 5.41) is 0. The molecule has 2 aliphatic carbocycles. The zero-order valence-electron chi connectivity index (χ0n) is 15.1. The third-order valence-electron chi connectivity index (χ3n) is 6.24. The molecule has 26 heavy (non-hydrogen) atoms. The summed E-state index contributed by atoms with van der Waals surface area (Å²) < 4.78 is 4.90. The van der Waals surface area contributed by atoms with Crippen LogP contribution in [0.15, 0.2) is 36.8 Å². The fourth-order valence-electron chi connectivity index (χ4n) is 4.97. The number of carbonyl (C=O) groups is 2. The van der Waals surface area contributed by atoms with E-state index in [9.17, 15) is 9.59 Å². The van der Waals surface area contributed by atoms with Gasteiger partial charge in [-0.2, -0.15) is 0 Å². The van der Waals surface area contributed by atoms with Crippen LogP contribution >= 0.6 is 0 Å². The van der Waals surface area contributed by atoms with Gasteiger partial charge in [0.25, 0.3) is 0 Å². The second-order valence-electron chi connectivity index (χ2n) is 7.34. The maximum absolute atomic E-state index is 12.4. The van der Waals surface area contributed by atoms with Gasteiger partial charge in [-0.05, 0) is 48.4 Å². The number of carbonyl (C=O) groups excluding carboxylic acids is 2. The molecule has 0 spiro atoms. The number of ether oxygens (including phenoxy) is 1. The predicted octanol–water partition coefficient (Wildman–Crippen LogP) is 3.11. The van der Waals surface area contributed by atoms with Crippen LogP contribution in [0.25, 0.3) is 0 Å². The number of nitrogens with zero attached hydrogens (tertiary/aromatic N) is 2. The number of rotatable bonds is 2. The second kappa shape index (κ2) is 6.31. The van der Waals surface area contributed by atoms with Crippen LogP contribution in [0, 0.1) is 11.8 Å². The van der Waals surface area contributed by atoms with Gasteiger partial charge in [-0.15, -0.1) is 0 Å². The lowest BCUT2D eigenvalue weighted by Crippen LogP contribution is -2.50. The Balaban J connectivity index is 1.94. The topological polar surface area (TPSA) is 69.2 Å². The van der Waals surface area contributed by atoms with Crippen LogP contribution in [0.3, 0.4) is 0 Å².